The molecule has 3 aliphatic heterocycles. The van der Waals surface area contributed by atoms with Gasteiger partial charge >= 0.3 is 6.85 Å². The first-order valence-electron chi connectivity index (χ1n) is 18.8. The van der Waals surface area contributed by atoms with E-state index in [1.807, 2.05) is 11.3 Å². The molecule has 4 heteroatoms. The van der Waals surface area contributed by atoms with Crippen LogP contribution in [-0.2, 0) is 5.41 Å². The number of hydrogen-bond donors (Lipinski definition) is 0. The van der Waals surface area contributed by atoms with Gasteiger partial charge in [0.2, 0.25) is 0 Å². The van der Waals surface area contributed by atoms with E-state index in [0.29, 0.717) is 0 Å². The van der Waals surface area contributed by atoms with Crippen molar-refractivity contribution in [2.24, 2.45) is 0 Å². The van der Waals surface area contributed by atoms with E-state index in [4.69, 9.17) is 0 Å². The van der Waals surface area contributed by atoms with Crippen molar-refractivity contribution in [3.8, 4) is 11.1 Å². The Kier molecular flexibility index (Phi) is 6.19. The first-order chi connectivity index (χ1) is 26.7. The van der Waals surface area contributed by atoms with Crippen LogP contribution in [0.2, 0.25) is 0 Å². The molecule has 252 valence electrons. The maximum absolute atomic E-state index is 2.71. The fourth-order valence-corrected chi connectivity index (χ4v) is 11.2. The fourth-order valence-electron chi connectivity index (χ4n) is 10.1. The Labute approximate surface area is 319 Å². The minimum absolute atomic E-state index is 0.0421. The van der Waals surface area contributed by atoms with Gasteiger partial charge in [0.25, 0.3) is 0 Å². The summed E-state index contributed by atoms with van der Waals surface area (Å²) < 4.78 is 2.65. The van der Waals surface area contributed by atoms with E-state index < -0.39 is 5.41 Å². The van der Waals surface area contributed by atoms with Crippen molar-refractivity contribution in [1.82, 2.24) is 0 Å². The van der Waals surface area contributed by atoms with Crippen LogP contribution >= 0.6 is 11.3 Å². The van der Waals surface area contributed by atoms with Crippen molar-refractivity contribution < 1.29 is 0 Å². The molecule has 2 nitrogen and oxygen atoms in total. The zero-order chi connectivity index (χ0) is 35.5. The molecule has 9 aromatic rings. The number of hydrogen-bond acceptors (Lipinski definition) is 3. The molecule has 0 atom stereocenters. The van der Waals surface area contributed by atoms with Gasteiger partial charge in [0, 0.05) is 54.2 Å². The number of anilines is 5. The van der Waals surface area contributed by atoms with Crippen LogP contribution in [0.5, 0.6) is 0 Å². The summed E-state index contributed by atoms with van der Waals surface area (Å²) in [5, 5.41) is 2.63. The average Bonchev–Trinajstić information content (AvgIpc) is 3.59. The van der Waals surface area contributed by atoms with Crippen molar-refractivity contribution in [2.45, 2.75) is 12.3 Å². The second-order valence-electron chi connectivity index (χ2n) is 14.9. The summed E-state index contributed by atoms with van der Waals surface area (Å²) in [6.45, 7) is 2.22. The van der Waals surface area contributed by atoms with Crippen LogP contribution in [0.15, 0.2) is 182 Å². The van der Waals surface area contributed by atoms with Gasteiger partial charge in [0.1, 0.15) is 0 Å². The van der Waals surface area contributed by atoms with Crippen molar-refractivity contribution in [3.63, 3.8) is 0 Å². The fraction of sp³-hybridized carbons (Fsp3) is 0.0400. The molecule has 12 rings (SSSR count). The Balaban J connectivity index is 1.26. The number of rotatable bonds is 3. The molecule has 54 heavy (non-hydrogen) atoms. The highest BCUT2D eigenvalue weighted by atomic mass is 32.1. The predicted molar refractivity (Wildman–Crippen MR) is 230 cm³/mol. The van der Waals surface area contributed by atoms with Crippen LogP contribution in [0.4, 0.5) is 28.4 Å². The van der Waals surface area contributed by atoms with Crippen LogP contribution in [-0.4, -0.2) is 6.85 Å². The van der Waals surface area contributed by atoms with E-state index in [-0.39, 0.29) is 6.85 Å². The van der Waals surface area contributed by atoms with Crippen molar-refractivity contribution in [1.29, 1.82) is 0 Å². The molecule has 0 spiro atoms. The highest BCUT2D eigenvalue weighted by Gasteiger charge is 2.53. The third kappa shape index (κ3) is 3.85. The number of nitrogens with zero attached hydrogens (tertiary/aromatic N) is 2. The van der Waals surface area contributed by atoms with Crippen LogP contribution in [0.3, 0.4) is 0 Å². The highest BCUT2D eigenvalue weighted by molar-refractivity contribution is 7.26. The molecular weight excluding hydrogens is 671 g/mol. The predicted octanol–water partition coefficient (Wildman–Crippen LogP) is 11.8. The number of benzene rings is 8. The summed E-state index contributed by atoms with van der Waals surface area (Å²) in [4.78, 5) is 5.25. The van der Waals surface area contributed by atoms with E-state index in [9.17, 15) is 0 Å². The molecule has 0 unspecified atom stereocenters. The topological polar surface area (TPSA) is 6.48 Å². The van der Waals surface area contributed by atoms with Gasteiger partial charge in [-0.3, -0.25) is 0 Å². The lowest BCUT2D eigenvalue weighted by Gasteiger charge is -2.53. The molecule has 3 aliphatic rings. The summed E-state index contributed by atoms with van der Waals surface area (Å²) in [6, 6.07) is 68.3. The van der Waals surface area contributed by atoms with Crippen molar-refractivity contribution in [2.75, 3.05) is 9.71 Å². The third-order valence-electron chi connectivity index (χ3n) is 12.1. The smallest absolute Gasteiger partial charge is 0.333 e. The van der Waals surface area contributed by atoms with Crippen LogP contribution < -0.4 is 20.6 Å². The first-order valence-corrected chi connectivity index (χ1v) is 19.6. The maximum Gasteiger partial charge on any atom is 0.333 e. The molecule has 0 fully saturated rings. The monoisotopic (exact) mass is 704 g/mol. The quantitative estimate of drug-likeness (QED) is 0.169. The SMILES string of the molecule is Cc1cc2c3c(c1)N(c1ccccc1)c1cc4c(cc1B3N1c3ccccc3C(c3ccccc3)(c3ccccc3)c3cccc-2c31)sc1ccccc14. The molecular formula is C50H33BN2S. The number of thiophene rings is 1. The molecule has 0 N–H and O–H groups in total. The van der Waals surface area contributed by atoms with E-state index in [1.54, 1.807) is 0 Å². The molecule has 8 aromatic carbocycles. The van der Waals surface area contributed by atoms with E-state index in [1.165, 1.54) is 98.5 Å². The lowest BCUT2D eigenvalue weighted by Crippen LogP contribution is -2.63. The molecule has 1 aromatic heterocycles. The number of aryl methyl sites for hydroxylation is 1. The Morgan fingerprint density at radius 1 is 0.500 bits per heavy atom. The van der Waals surface area contributed by atoms with Gasteiger partial charge in [-0.05, 0) is 93.7 Å². The first kappa shape index (κ1) is 30.1. The van der Waals surface area contributed by atoms with E-state index >= 15 is 0 Å². The standard InChI is InChI=1S/C50H33BN2S/c1-32-28-39-37-23-15-25-41-49(37)53(43-26-13-12-24-40(43)50(41,33-16-5-2-6-17-33)34-18-7-3-8-19-34)51-42-31-47-38(36-22-11-14-27-46(36)54-47)30-44(42)52(45(29-32)48(39)51)35-20-9-4-10-21-35/h2-31H,1H3. The molecule has 0 amide bonds. The maximum atomic E-state index is 2.71. The summed E-state index contributed by atoms with van der Waals surface area (Å²) in [7, 11) is 0. The van der Waals surface area contributed by atoms with Gasteiger partial charge in [-0.25, -0.2) is 0 Å². The molecule has 0 aliphatic carbocycles. The minimum Gasteiger partial charge on any atom is -0.376 e. The normalized spacial score (nSPS) is 14.4. The van der Waals surface area contributed by atoms with Crippen molar-refractivity contribution in [3.05, 3.63) is 210 Å². The Morgan fingerprint density at radius 2 is 1.17 bits per heavy atom. The third-order valence-corrected chi connectivity index (χ3v) is 13.2. The molecule has 0 saturated heterocycles. The average molecular weight is 705 g/mol. The van der Waals surface area contributed by atoms with Crippen LogP contribution in [0.1, 0.15) is 27.8 Å². The second-order valence-corrected chi connectivity index (χ2v) is 16.0. The van der Waals surface area contributed by atoms with Crippen LogP contribution in [0.25, 0.3) is 31.3 Å². The number of fused-ring (bicyclic) bond motifs is 9. The zero-order valence-electron chi connectivity index (χ0n) is 29.7. The van der Waals surface area contributed by atoms with E-state index in [2.05, 4.69) is 199 Å². The van der Waals surface area contributed by atoms with Crippen LogP contribution in [0, 0.1) is 6.92 Å². The lowest BCUT2D eigenvalue weighted by atomic mass is 9.42. The Morgan fingerprint density at radius 3 is 1.94 bits per heavy atom. The zero-order valence-corrected chi connectivity index (χ0v) is 30.5. The van der Waals surface area contributed by atoms with Gasteiger partial charge < -0.3 is 9.71 Å². The van der Waals surface area contributed by atoms with Gasteiger partial charge in [0.05, 0.1) is 5.41 Å². The summed E-state index contributed by atoms with van der Waals surface area (Å²) in [5.41, 5.74) is 17.4. The van der Waals surface area contributed by atoms with Gasteiger partial charge in [-0.15, -0.1) is 11.3 Å². The van der Waals surface area contributed by atoms with Gasteiger partial charge in [-0.2, -0.15) is 0 Å². The largest absolute Gasteiger partial charge is 0.376 e. The van der Waals surface area contributed by atoms with E-state index in [0.717, 1.165) is 0 Å². The molecule has 0 saturated carbocycles. The lowest BCUT2D eigenvalue weighted by molar-refractivity contribution is 0.734. The second kappa shape index (κ2) is 11.1. The molecule has 0 radical (unpaired) electrons. The van der Waals surface area contributed by atoms with Gasteiger partial charge in [-0.1, -0.05) is 140 Å². The Bertz CT molecular complexity index is 2930. The Hall–Kier alpha value is -6.36. The van der Waals surface area contributed by atoms with Crippen molar-refractivity contribution >= 4 is 77.7 Å². The summed E-state index contributed by atoms with van der Waals surface area (Å²) in [6.07, 6.45) is 0. The number of para-hydroxylation sites is 3. The summed E-state index contributed by atoms with van der Waals surface area (Å²) in [5.74, 6) is 0. The van der Waals surface area contributed by atoms with Gasteiger partial charge in [0.15, 0.2) is 0 Å². The molecule has 4 heterocycles. The summed E-state index contributed by atoms with van der Waals surface area (Å²) >= 11 is 1.90. The molecule has 0 bridgehead atoms. The highest BCUT2D eigenvalue weighted by Crippen LogP contribution is 2.60. The minimum atomic E-state index is -0.520.